The highest BCUT2D eigenvalue weighted by atomic mass is 19.4. The summed E-state index contributed by atoms with van der Waals surface area (Å²) in [6.07, 6.45) is -4.39. The summed E-state index contributed by atoms with van der Waals surface area (Å²) >= 11 is 0. The molecule has 2 aromatic carbocycles. The molecule has 0 saturated heterocycles. The Morgan fingerprint density at radius 2 is 1.78 bits per heavy atom. The first-order valence-electron chi connectivity index (χ1n) is 6.93. The van der Waals surface area contributed by atoms with E-state index in [0.29, 0.717) is 6.54 Å². The Bertz CT molecular complexity index is 807. The van der Waals surface area contributed by atoms with Crippen molar-refractivity contribution in [1.29, 1.82) is 0 Å². The van der Waals surface area contributed by atoms with Crippen LogP contribution in [0.4, 0.5) is 13.2 Å². The van der Waals surface area contributed by atoms with Gasteiger partial charge in [-0.25, -0.2) is 0 Å². The van der Waals surface area contributed by atoms with Gasteiger partial charge in [0.1, 0.15) is 0 Å². The highest BCUT2D eigenvalue weighted by Gasteiger charge is 2.30. The largest absolute Gasteiger partial charge is 0.416 e. The van der Waals surface area contributed by atoms with Crippen molar-refractivity contribution < 1.29 is 13.2 Å². The molecule has 0 spiro atoms. The molecule has 0 aliphatic rings. The SMILES string of the molecule is Cc1ccc(Cn2nnc(-c3cccc(C(F)(F)F)c3)n2)cc1. The van der Waals surface area contributed by atoms with Crippen LogP contribution in [0, 0.1) is 6.92 Å². The van der Waals surface area contributed by atoms with E-state index in [0.717, 1.165) is 23.3 Å². The molecule has 0 radical (unpaired) electrons. The van der Waals surface area contributed by atoms with Gasteiger partial charge in [0.25, 0.3) is 0 Å². The number of aryl methyl sites for hydroxylation is 1. The third kappa shape index (κ3) is 3.56. The number of hydrogen-bond acceptors (Lipinski definition) is 3. The molecule has 7 heteroatoms. The number of hydrogen-bond donors (Lipinski definition) is 0. The van der Waals surface area contributed by atoms with Gasteiger partial charge in [-0.2, -0.15) is 18.0 Å². The molecule has 0 fully saturated rings. The van der Waals surface area contributed by atoms with Gasteiger partial charge in [-0.15, -0.1) is 10.2 Å². The Labute approximate surface area is 130 Å². The quantitative estimate of drug-likeness (QED) is 0.739. The summed E-state index contributed by atoms with van der Waals surface area (Å²) in [5.74, 6) is 0.170. The second-order valence-electron chi connectivity index (χ2n) is 5.21. The van der Waals surface area contributed by atoms with Crippen molar-refractivity contribution in [1.82, 2.24) is 20.2 Å². The lowest BCUT2D eigenvalue weighted by Crippen LogP contribution is -2.05. The van der Waals surface area contributed by atoms with Gasteiger partial charge >= 0.3 is 6.18 Å². The van der Waals surface area contributed by atoms with Crippen LogP contribution in [0.2, 0.25) is 0 Å². The van der Waals surface area contributed by atoms with Crippen LogP contribution in [0.1, 0.15) is 16.7 Å². The second kappa shape index (κ2) is 5.83. The molecule has 118 valence electrons. The van der Waals surface area contributed by atoms with E-state index in [1.54, 1.807) is 0 Å². The molecule has 0 aliphatic heterocycles. The summed E-state index contributed by atoms with van der Waals surface area (Å²) < 4.78 is 38.2. The Hall–Kier alpha value is -2.70. The van der Waals surface area contributed by atoms with Crippen molar-refractivity contribution in [2.75, 3.05) is 0 Å². The maximum atomic E-state index is 12.7. The summed E-state index contributed by atoms with van der Waals surface area (Å²) in [7, 11) is 0. The van der Waals surface area contributed by atoms with Crippen molar-refractivity contribution >= 4 is 0 Å². The van der Waals surface area contributed by atoms with Gasteiger partial charge in [0.05, 0.1) is 12.1 Å². The first-order valence-corrected chi connectivity index (χ1v) is 6.93. The fraction of sp³-hybridized carbons (Fsp3) is 0.188. The Morgan fingerprint density at radius 1 is 1.04 bits per heavy atom. The van der Waals surface area contributed by atoms with Crippen molar-refractivity contribution in [3.05, 3.63) is 65.2 Å². The van der Waals surface area contributed by atoms with E-state index in [4.69, 9.17) is 0 Å². The van der Waals surface area contributed by atoms with Crippen LogP contribution in [0.15, 0.2) is 48.5 Å². The third-order valence-corrected chi connectivity index (χ3v) is 3.35. The molecule has 1 heterocycles. The molecule has 0 unspecified atom stereocenters. The zero-order chi connectivity index (χ0) is 16.4. The van der Waals surface area contributed by atoms with Gasteiger partial charge in [0, 0.05) is 5.56 Å². The van der Waals surface area contributed by atoms with E-state index >= 15 is 0 Å². The van der Waals surface area contributed by atoms with E-state index in [9.17, 15) is 13.2 Å². The van der Waals surface area contributed by atoms with Crippen LogP contribution in [0.3, 0.4) is 0 Å². The maximum Gasteiger partial charge on any atom is 0.416 e. The lowest BCUT2D eigenvalue weighted by molar-refractivity contribution is -0.137. The molecule has 0 N–H and O–H groups in total. The zero-order valence-corrected chi connectivity index (χ0v) is 12.2. The molecule has 3 aromatic rings. The first kappa shape index (κ1) is 15.2. The molecule has 1 aromatic heterocycles. The van der Waals surface area contributed by atoms with Crippen LogP contribution in [0.5, 0.6) is 0 Å². The van der Waals surface area contributed by atoms with Crippen LogP contribution in [0.25, 0.3) is 11.4 Å². The van der Waals surface area contributed by atoms with Gasteiger partial charge in [-0.3, -0.25) is 0 Å². The summed E-state index contributed by atoms with van der Waals surface area (Å²) in [6, 6.07) is 12.7. The minimum atomic E-state index is -4.39. The summed E-state index contributed by atoms with van der Waals surface area (Å²) in [4.78, 5) is 1.36. The van der Waals surface area contributed by atoms with Gasteiger partial charge in [0.15, 0.2) is 0 Å². The van der Waals surface area contributed by atoms with Gasteiger partial charge < -0.3 is 0 Å². The van der Waals surface area contributed by atoms with E-state index in [1.165, 1.54) is 16.9 Å². The fourth-order valence-corrected chi connectivity index (χ4v) is 2.12. The highest BCUT2D eigenvalue weighted by molar-refractivity contribution is 5.55. The van der Waals surface area contributed by atoms with E-state index in [1.807, 2.05) is 31.2 Å². The molecule has 0 atom stereocenters. The monoisotopic (exact) mass is 318 g/mol. The third-order valence-electron chi connectivity index (χ3n) is 3.35. The van der Waals surface area contributed by atoms with Crippen molar-refractivity contribution in [3.8, 4) is 11.4 Å². The maximum absolute atomic E-state index is 12.7. The van der Waals surface area contributed by atoms with Gasteiger partial charge in [0.2, 0.25) is 5.82 Å². The van der Waals surface area contributed by atoms with Crippen LogP contribution in [-0.4, -0.2) is 20.2 Å². The van der Waals surface area contributed by atoms with Gasteiger partial charge in [-0.05, 0) is 29.8 Å². The standard InChI is InChI=1S/C16H13F3N4/c1-11-5-7-12(8-6-11)10-23-21-15(20-22-23)13-3-2-4-14(9-13)16(17,18)19/h2-9H,10H2,1H3. The molecule has 0 bridgehead atoms. The average molecular weight is 318 g/mol. The predicted octanol–water partition coefficient (Wildman–Crippen LogP) is 3.72. The number of halogens is 3. The number of nitrogens with zero attached hydrogens (tertiary/aromatic N) is 4. The molecular weight excluding hydrogens is 305 g/mol. The van der Waals surface area contributed by atoms with Crippen LogP contribution >= 0.6 is 0 Å². The number of alkyl halides is 3. The molecule has 23 heavy (non-hydrogen) atoms. The van der Waals surface area contributed by atoms with Crippen LogP contribution in [-0.2, 0) is 12.7 Å². The predicted molar refractivity (Wildman–Crippen MR) is 78.5 cm³/mol. The minimum Gasteiger partial charge on any atom is -0.166 e. The Kier molecular flexibility index (Phi) is 3.85. The molecule has 0 saturated carbocycles. The van der Waals surface area contributed by atoms with E-state index in [2.05, 4.69) is 15.4 Å². The topological polar surface area (TPSA) is 43.6 Å². The molecule has 0 aliphatic carbocycles. The number of aromatic nitrogens is 4. The summed E-state index contributed by atoms with van der Waals surface area (Å²) in [5.41, 5.74) is 1.69. The number of rotatable bonds is 3. The highest BCUT2D eigenvalue weighted by Crippen LogP contribution is 2.31. The molecular formula is C16H13F3N4. The first-order chi connectivity index (χ1) is 10.9. The number of benzene rings is 2. The van der Waals surface area contributed by atoms with E-state index in [-0.39, 0.29) is 11.4 Å². The zero-order valence-electron chi connectivity index (χ0n) is 12.2. The second-order valence-corrected chi connectivity index (χ2v) is 5.21. The van der Waals surface area contributed by atoms with E-state index < -0.39 is 11.7 Å². The normalized spacial score (nSPS) is 11.7. The molecule has 3 rings (SSSR count). The summed E-state index contributed by atoms with van der Waals surface area (Å²) in [5, 5.41) is 11.9. The summed E-state index contributed by atoms with van der Waals surface area (Å²) in [6.45, 7) is 2.40. The fourth-order valence-electron chi connectivity index (χ4n) is 2.12. The van der Waals surface area contributed by atoms with Crippen molar-refractivity contribution in [2.45, 2.75) is 19.6 Å². The lowest BCUT2D eigenvalue weighted by Gasteiger charge is -2.06. The number of tetrazole rings is 1. The smallest absolute Gasteiger partial charge is 0.166 e. The van der Waals surface area contributed by atoms with Crippen molar-refractivity contribution in [2.24, 2.45) is 0 Å². The lowest BCUT2D eigenvalue weighted by atomic mass is 10.1. The Balaban J connectivity index is 1.83. The Morgan fingerprint density at radius 3 is 2.48 bits per heavy atom. The van der Waals surface area contributed by atoms with Crippen LogP contribution < -0.4 is 0 Å². The van der Waals surface area contributed by atoms with Gasteiger partial charge in [-0.1, -0.05) is 42.0 Å². The molecule has 4 nitrogen and oxygen atoms in total. The molecule has 0 amide bonds. The van der Waals surface area contributed by atoms with Crippen molar-refractivity contribution in [3.63, 3.8) is 0 Å². The average Bonchev–Trinajstić information content (AvgIpc) is 2.97. The minimum absolute atomic E-state index is 0.170.